The van der Waals surface area contributed by atoms with Crippen molar-refractivity contribution >= 4 is 17.6 Å². The molecule has 1 aromatic rings. The van der Waals surface area contributed by atoms with Crippen LogP contribution in [0.1, 0.15) is 36.7 Å². The predicted octanol–water partition coefficient (Wildman–Crippen LogP) is 2.44. The zero-order valence-corrected chi connectivity index (χ0v) is 11.5. The Hall–Kier alpha value is -2.28. The van der Waals surface area contributed by atoms with E-state index < -0.39 is 11.4 Å². The molecular weight excluding hydrogens is 242 g/mol. The van der Waals surface area contributed by atoms with Gasteiger partial charge in [0.1, 0.15) is 0 Å². The van der Waals surface area contributed by atoms with Gasteiger partial charge < -0.3 is 10.1 Å². The first-order valence-corrected chi connectivity index (χ1v) is 5.80. The first-order chi connectivity index (χ1) is 8.81. The summed E-state index contributed by atoms with van der Waals surface area (Å²) in [7, 11) is 1.27. The van der Waals surface area contributed by atoms with Crippen LogP contribution in [0.25, 0.3) is 0 Å². The number of terminal acetylenes is 1. The molecule has 1 aromatic carbocycles. The Morgan fingerprint density at radius 1 is 1.32 bits per heavy atom. The maximum Gasteiger partial charge on any atom is 0.341 e. The molecule has 0 unspecified atom stereocenters. The Labute approximate surface area is 113 Å². The Morgan fingerprint density at radius 2 is 1.95 bits per heavy atom. The zero-order valence-electron chi connectivity index (χ0n) is 11.5. The number of hydrogen-bond donors (Lipinski definition) is 1. The summed E-state index contributed by atoms with van der Waals surface area (Å²) >= 11 is 0. The van der Waals surface area contributed by atoms with Crippen LogP contribution in [0.15, 0.2) is 18.2 Å². The minimum atomic E-state index is -0.572. The van der Waals surface area contributed by atoms with Gasteiger partial charge in [-0.1, -0.05) is 32.8 Å². The lowest BCUT2D eigenvalue weighted by molar-refractivity contribution is -0.123. The van der Waals surface area contributed by atoms with Crippen LogP contribution < -0.4 is 5.32 Å². The molecule has 0 saturated heterocycles. The van der Waals surface area contributed by atoms with Gasteiger partial charge in [0.05, 0.1) is 18.4 Å². The molecule has 0 aliphatic carbocycles. The van der Waals surface area contributed by atoms with Crippen molar-refractivity contribution in [1.82, 2.24) is 0 Å². The molecule has 0 radical (unpaired) electrons. The molecule has 0 aliphatic heterocycles. The molecule has 1 rings (SSSR count). The van der Waals surface area contributed by atoms with Crippen molar-refractivity contribution in [3.63, 3.8) is 0 Å². The summed E-state index contributed by atoms with van der Waals surface area (Å²) in [6.07, 6.45) is 5.36. The van der Waals surface area contributed by atoms with E-state index in [9.17, 15) is 9.59 Å². The van der Waals surface area contributed by atoms with Gasteiger partial charge in [0.15, 0.2) is 0 Å². The minimum absolute atomic E-state index is 0.199. The van der Waals surface area contributed by atoms with Gasteiger partial charge in [-0.2, -0.15) is 0 Å². The molecule has 0 heterocycles. The van der Waals surface area contributed by atoms with Crippen LogP contribution in [0.3, 0.4) is 0 Å². The molecule has 0 aromatic heterocycles. The van der Waals surface area contributed by atoms with Gasteiger partial charge in [-0.15, -0.1) is 6.42 Å². The Balaban J connectivity index is 3.26. The molecule has 1 amide bonds. The Morgan fingerprint density at radius 3 is 2.42 bits per heavy atom. The number of anilines is 1. The second-order valence-corrected chi connectivity index (χ2v) is 5.07. The fraction of sp³-hybridized carbons (Fsp3) is 0.333. The van der Waals surface area contributed by atoms with Crippen LogP contribution in [0.5, 0.6) is 0 Å². The molecule has 100 valence electrons. The van der Waals surface area contributed by atoms with Gasteiger partial charge in [0.25, 0.3) is 0 Å². The molecule has 0 atom stereocenters. The molecule has 0 spiro atoms. The Bertz CT molecular complexity index is 547. The fourth-order valence-corrected chi connectivity index (χ4v) is 1.41. The monoisotopic (exact) mass is 259 g/mol. The highest BCUT2D eigenvalue weighted by Gasteiger charge is 2.24. The molecule has 0 saturated carbocycles. The topological polar surface area (TPSA) is 55.4 Å². The third-order valence-electron chi connectivity index (χ3n) is 2.54. The lowest BCUT2D eigenvalue weighted by Crippen LogP contribution is -2.28. The minimum Gasteiger partial charge on any atom is -0.465 e. The number of carbonyl (C=O) groups excluding carboxylic acids is 2. The van der Waals surface area contributed by atoms with Gasteiger partial charge in [0.2, 0.25) is 5.91 Å². The first-order valence-electron chi connectivity index (χ1n) is 5.80. The maximum atomic E-state index is 12.0. The van der Waals surface area contributed by atoms with Gasteiger partial charge >= 0.3 is 5.97 Å². The van der Waals surface area contributed by atoms with Crippen molar-refractivity contribution in [3.05, 3.63) is 29.3 Å². The van der Waals surface area contributed by atoms with Crippen molar-refractivity contribution in [1.29, 1.82) is 0 Å². The highest BCUT2D eigenvalue weighted by molar-refractivity contribution is 6.04. The van der Waals surface area contributed by atoms with E-state index in [1.165, 1.54) is 7.11 Å². The van der Waals surface area contributed by atoms with Crippen molar-refractivity contribution in [2.24, 2.45) is 5.41 Å². The third-order valence-corrected chi connectivity index (χ3v) is 2.54. The average Bonchev–Trinajstić information content (AvgIpc) is 2.36. The summed E-state index contributed by atoms with van der Waals surface area (Å²) in [5.74, 6) is 1.64. The lowest BCUT2D eigenvalue weighted by Gasteiger charge is -2.19. The van der Waals surface area contributed by atoms with Crippen molar-refractivity contribution in [2.45, 2.75) is 20.8 Å². The van der Waals surface area contributed by atoms with E-state index in [1.54, 1.807) is 39.0 Å². The summed E-state index contributed by atoms with van der Waals surface area (Å²) in [5, 5.41) is 2.71. The van der Waals surface area contributed by atoms with Gasteiger partial charge in [0, 0.05) is 11.0 Å². The van der Waals surface area contributed by atoms with E-state index in [2.05, 4.69) is 11.2 Å². The van der Waals surface area contributed by atoms with Crippen LogP contribution in [-0.4, -0.2) is 19.0 Å². The Kier molecular flexibility index (Phi) is 4.34. The van der Waals surface area contributed by atoms with E-state index in [-0.39, 0.29) is 11.5 Å². The normalized spacial score (nSPS) is 10.5. The quantitative estimate of drug-likeness (QED) is 0.655. The van der Waals surface area contributed by atoms with Gasteiger partial charge in [-0.25, -0.2) is 4.79 Å². The van der Waals surface area contributed by atoms with E-state index in [0.29, 0.717) is 11.3 Å². The second-order valence-electron chi connectivity index (χ2n) is 5.07. The summed E-state index contributed by atoms with van der Waals surface area (Å²) in [6.45, 7) is 5.35. The molecule has 0 aliphatic rings. The third kappa shape index (κ3) is 3.35. The standard InChI is InChI=1S/C15H17NO3/c1-6-10-8-7-9-11(12(10)13(17)19-5)16-14(18)15(2,3)4/h1,7-9H,2-5H3,(H,16,18). The van der Waals surface area contributed by atoms with E-state index in [1.807, 2.05) is 0 Å². The summed E-state index contributed by atoms with van der Waals surface area (Å²) < 4.78 is 4.70. The number of carbonyl (C=O) groups is 2. The number of nitrogens with one attached hydrogen (secondary N) is 1. The number of ether oxygens (including phenoxy) is 1. The van der Waals surface area contributed by atoms with E-state index in [4.69, 9.17) is 11.2 Å². The largest absolute Gasteiger partial charge is 0.465 e. The van der Waals surface area contributed by atoms with Gasteiger partial charge in [-0.05, 0) is 12.1 Å². The zero-order chi connectivity index (χ0) is 14.6. The highest BCUT2D eigenvalue weighted by Crippen LogP contribution is 2.23. The van der Waals surface area contributed by atoms with Crippen LogP contribution >= 0.6 is 0 Å². The molecule has 4 nitrogen and oxygen atoms in total. The summed E-state index contributed by atoms with van der Waals surface area (Å²) in [4.78, 5) is 23.8. The number of benzene rings is 1. The number of esters is 1. The van der Waals surface area contributed by atoms with Crippen molar-refractivity contribution in [3.8, 4) is 12.3 Å². The number of methoxy groups -OCH3 is 1. The van der Waals surface area contributed by atoms with Crippen molar-refractivity contribution in [2.75, 3.05) is 12.4 Å². The van der Waals surface area contributed by atoms with Crippen molar-refractivity contribution < 1.29 is 14.3 Å². The second kappa shape index (κ2) is 5.57. The predicted molar refractivity (Wildman–Crippen MR) is 73.8 cm³/mol. The molecular formula is C15H17NO3. The fourth-order valence-electron chi connectivity index (χ4n) is 1.41. The average molecular weight is 259 g/mol. The molecule has 19 heavy (non-hydrogen) atoms. The maximum absolute atomic E-state index is 12.0. The van der Waals surface area contributed by atoms with E-state index >= 15 is 0 Å². The lowest BCUT2D eigenvalue weighted by atomic mass is 9.95. The summed E-state index contributed by atoms with van der Waals surface area (Å²) in [6, 6.07) is 4.93. The van der Waals surface area contributed by atoms with E-state index in [0.717, 1.165) is 0 Å². The summed E-state index contributed by atoms with van der Waals surface area (Å²) in [5.41, 5.74) is 0.380. The molecule has 0 bridgehead atoms. The number of amides is 1. The SMILES string of the molecule is C#Cc1cccc(NC(=O)C(C)(C)C)c1C(=O)OC. The smallest absolute Gasteiger partial charge is 0.341 e. The highest BCUT2D eigenvalue weighted by atomic mass is 16.5. The van der Waals surface area contributed by atoms with Crippen LogP contribution in [0, 0.1) is 17.8 Å². The number of hydrogen-bond acceptors (Lipinski definition) is 3. The van der Waals surface area contributed by atoms with Crippen LogP contribution in [0.2, 0.25) is 0 Å². The number of rotatable bonds is 2. The van der Waals surface area contributed by atoms with Gasteiger partial charge in [-0.3, -0.25) is 4.79 Å². The van der Waals surface area contributed by atoms with Crippen LogP contribution in [0.4, 0.5) is 5.69 Å². The molecule has 4 heteroatoms. The molecule has 0 fully saturated rings. The first kappa shape index (κ1) is 14.8. The molecule has 1 N–H and O–H groups in total. The van der Waals surface area contributed by atoms with Crippen LogP contribution in [-0.2, 0) is 9.53 Å².